The van der Waals surface area contributed by atoms with Crippen LogP contribution in [0.1, 0.15) is 22.8 Å². The fraction of sp³-hybridized carbons (Fsp3) is 0.115. The van der Waals surface area contributed by atoms with E-state index >= 15 is 0 Å². The van der Waals surface area contributed by atoms with E-state index in [4.69, 9.17) is 27.9 Å². The summed E-state index contributed by atoms with van der Waals surface area (Å²) >= 11 is 12.4. The Morgan fingerprint density at radius 3 is 2.50 bits per heavy atom. The van der Waals surface area contributed by atoms with Gasteiger partial charge >= 0.3 is 0 Å². The predicted octanol–water partition coefficient (Wildman–Crippen LogP) is 7.47. The van der Waals surface area contributed by atoms with Crippen molar-refractivity contribution >= 4 is 67.1 Å². The van der Waals surface area contributed by atoms with Crippen molar-refractivity contribution in [1.29, 1.82) is 0 Å². The van der Waals surface area contributed by atoms with Crippen molar-refractivity contribution in [1.82, 2.24) is 0 Å². The number of benzene rings is 4. The lowest BCUT2D eigenvalue weighted by molar-refractivity contribution is 0.102. The molecule has 0 aliphatic carbocycles. The molecule has 0 unspecified atom stereocenters. The van der Waals surface area contributed by atoms with E-state index in [1.54, 1.807) is 43.3 Å². The predicted molar refractivity (Wildman–Crippen MR) is 146 cm³/mol. The highest BCUT2D eigenvalue weighted by atomic mass is 35.5. The summed E-state index contributed by atoms with van der Waals surface area (Å²) in [4.78, 5) is 12.9. The third-order valence-corrected chi connectivity index (χ3v) is 7.29. The zero-order chi connectivity index (χ0) is 27.6. The van der Waals surface area contributed by atoms with Crippen LogP contribution in [0.5, 0.6) is 11.5 Å². The minimum Gasteiger partial charge on any atom is -0.505 e. The number of azo groups is 1. The normalized spacial score (nSPS) is 11.7. The third kappa shape index (κ3) is 5.58. The van der Waals surface area contributed by atoms with Crippen LogP contribution in [0.2, 0.25) is 10.0 Å². The van der Waals surface area contributed by atoms with Crippen molar-refractivity contribution in [3.05, 3.63) is 81.8 Å². The van der Waals surface area contributed by atoms with Gasteiger partial charge in [0, 0.05) is 10.4 Å². The van der Waals surface area contributed by atoms with Gasteiger partial charge in [-0.15, -0.1) is 10.2 Å². The molecule has 1 amide bonds. The van der Waals surface area contributed by atoms with Crippen molar-refractivity contribution in [2.45, 2.75) is 18.7 Å². The summed E-state index contributed by atoms with van der Waals surface area (Å²) in [7, 11) is -4.48. The number of fused-ring (bicyclic) bond motifs is 1. The maximum absolute atomic E-state index is 13.3. The highest BCUT2D eigenvalue weighted by Crippen LogP contribution is 2.41. The number of phenols is 1. The number of ether oxygens (including phenoxy) is 1. The van der Waals surface area contributed by atoms with Gasteiger partial charge in [-0.25, -0.2) is 0 Å². The fourth-order valence-electron chi connectivity index (χ4n) is 3.78. The Morgan fingerprint density at radius 1 is 1.05 bits per heavy atom. The maximum Gasteiger partial charge on any atom is 0.294 e. The highest BCUT2D eigenvalue weighted by Gasteiger charge is 2.21. The van der Waals surface area contributed by atoms with E-state index in [1.165, 1.54) is 25.1 Å². The first-order valence-electron chi connectivity index (χ1n) is 11.2. The molecule has 38 heavy (non-hydrogen) atoms. The van der Waals surface area contributed by atoms with Crippen LogP contribution < -0.4 is 10.1 Å². The number of aromatic hydroxyl groups is 1. The Bertz CT molecular complexity index is 1710. The number of nitrogens with zero attached hydrogens (tertiary/aromatic N) is 2. The minimum atomic E-state index is -4.48. The Balaban J connectivity index is 1.79. The van der Waals surface area contributed by atoms with Crippen LogP contribution >= 0.6 is 23.2 Å². The van der Waals surface area contributed by atoms with E-state index in [0.29, 0.717) is 33.8 Å². The van der Waals surface area contributed by atoms with Gasteiger partial charge in [0.25, 0.3) is 16.0 Å². The summed E-state index contributed by atoms with van der Waals surface area (Å²) < 4.78 is 38.0. The summed E-state index contributed by atoms with van der Waals surface area (Å²) in [6.45, 7) is 3.58. The van der Waals surface area contributed by atoms with Crippen LogP contribution in [0.15, 0.2) is 75.8 Å². The van der Waals surface area contributed by atoms with Crippen LogP contribution in [0.25, 0.3) is 10.8 Å². The Kier molecular flexibility index (Phi) is 7.89. The Hall–Kier alpha value is -3.70. The number of halogens is 2. The second kappa shape index (κ2) is 11.0. The second-order valence-electron chi connectivity index (χ2n) is 8.07. The number of anilines is 1. The molecule has 0 fully saturated rings. The lowest BCUT2D eigenvalue weighted by Gasteiger charge is -2.14. The molecule has 4 aromatic carbocycles. The number of phenolic OH excluding ortho intramolecular Hbond substituents is 1. The highest BCUT2D eigenvalue weighted by molar-refractivity contribution is 7.85. The van der Waals surface area contributed by atoms with Gasteiger partial charge in [-0.1, -0.05) is 47.5 Å². The van der Waals surface area contributed by atoms with Crippen molar-refractivity contribution < 1.29 is 27.6 Å². The Morgan fingerprint density at radius 2 is 1.79 bits per heavy atom. The van der Waals surface area contributed by atoms with Crippen LogP contribution in [-0.2, 0) is 10.1 Å². The molecule has 0 aliphatic heterocycles. The topological polar surface area (TPSA) is 138 Å². The summed E-state index contributed by atoms with van der Waals surface area (Å²) in [5.74, 6) is -0.671. The fourth-order valence-corrected chi connectivity index (χ4v) is 4.94. The molecule has 0 radical (unpaired) electrons. The lowest BCUT2D eigenvalue weighted by atomic mass is 10.0. The van der Waals surface area contributed by atoms with Crippen molar-refractivity contribution in [2.24, 2.45) is 10.2 Å². The molecule has 4 aromatic rings. The molecule has 0 bridgehead atoms. The molecule has 0 aromatic heterocycles. The maximum atomic E-state index is 13.3. The van der Waals surface area contributed by atoms with Gasteiger partial charge in [-0.05, 0) is 61.2 Å². The summed E-state index contributed by atoms with van der Waals surface area (Å²) in [6, 6.07) is 15.7. The number of carbonyl (C=O) groups is 1. The first kappa shape index (κ1) is 27.3. The molecule has 0 spiro atoms. The van der Waals surface area contributed by atoms with Gasteiger partial charge in [0.1, 0.15) is 17.1 Å². The van der Waals surface area contributed by atoms with E-state index in [2.05, 4.69) is 15.5 Å². The van der Waals surface area contributed by atoms with E-state index in [-0.39, 0.29) is 32.4 Å². The summed E-state index contributed by atoms with van der Waals surface area (Å²) in [5, 5.41) is 23.5. The first-order valence-corrected chi connectivity index (χ1v) is 13.4. The van der Waals surface area contributed by atoms with E-state index in [0.717, 1.165) is 6.07 Å². The van der Waals surface area contributed by atoms with Crippen LogP contribution in [-0.4, -0.2) is 30.6 Å². The summed E-state index contributed by atoms with van der Waals surface area (Å²) in [6.07, 6.45) is 0. The lowest BCUT2D eigenvalue weighted by Crippen LogP contribution is -2.13. The number of nitrogens with one attached hydrogen (secondary N) is 1. The number of carbonyl (C=O) groups excluding carboxylic acids is 1. The van der Waals surface area contributed by atoms with Crippen molar-refractivity contribution in [2.75, 3.05) is 11.9 Å². The molecular weight excluding hydrogens is 553 g/mol. The average molecular weight is 574 g/mol. The zero-order valence-electron chi connectivity index (χ0n) is 20.1. The smallest absolute Gasteiger partial charge is 0.294 e. The van der Waals surface area contributed by atoms with Gasteiger partial charge in [-0.2, -0.15) is 8.42 Å². The number of amides is 1. The third-order valence-electron chi connectivity index (χ3n) is 5.58. The van der Waals surface area contributed by atoms with Gasteiger partial charge in [0.05, 0.1) is 27.8 Å². The molecule has 4 rings (SSSR count). The van der Waals surface area contributed by atoms with E-state index < -0.39 is 21.8 Å². The summed E-state index contributed by atoms with van der Waals surface area (Å²) in [5.41, 5.74) is 0.414. The molecule has 0 aliphatic rings. The zero-order valence-corrected chi connectivity index (χ0v) is 22.4. The van der Waals surface area contributed by atoms with Crippen molar-refractivity contribution in [3.8, 4) is 11.5 Å². The average Bonchev–Trinajstić information content (AvgIpc) is 2.86. The van der Waals surface area contributed by atoms with Crippen LogP contribution in [0.4, 0.5) is 17.1 Å². The minimum absolute atomic E-state index is 0.00282. The monoisotopic (exact) mass is 573 g/mol. The van der Waals surface area contributed by atoms with Gasteiger partial charge < -0.3 is 15.2 Å². The van der Waals surface area contributed by atoms with Crippen LogP contribution in [0, 0.1) is 6.92 Å². The molecule has 0 atom stereocenters. The largest absolute Gasteiger partial charge is 0.505 e. The van der Waals surface area contributed by atoms with Gasteiger partial charge in [-0.3, -0.25) is 9.35 Å². The Labute approximate surface area is 228 Å². The number of hydrogen-bond donors (Lipinski definition) is 3. The quantitative estimate of drug-likeness (QED) is 0.155. The molecule has 0 heterocycles. The van der Waals surface area contributed by atoms with Crippen molar-refractivity contribution in [3.63, 3.8) is 0 Å². The number of hydrogen-bond acceptors (Lipinski definition) is 7. The SMILES string of the molecule is CCOc1ccc(Cl)cc1NC(=O)c1cc2ccccc2c(N=Nc2ccc(S(=O)(=O)O)c(C)c2Cl)c1O. The molecule has 0 saturated heterocycles. The standard InChI is InChI=1S/C26H21Cl2N3O6S/c1-3-37-21-10-8-16(27)13-20(21)29-26(33)18-12-15-6-4-5-7-17(15)24(25(18)32)31-30-19-9-11-22(38(34,35)36)14(2)23(19)28/h4-13,32H,3H2,1-2H3,(H,29,33)(H,34,35,36). The second-order valence-corrected chi connectivity index (χ2v) is 10.3. The van der Waals surface area contributed by atoms with E-state index in [9.17, 15) is 22.9 Å². The molecule has 12 heteroatoms. The van der Waals surface area contributed by atoms with Gasteiger partial charge in [0.15, 0.2) is 5.75 Å². The van der Waals surface area contributed by atoms with Gasteiger partial charge in [0.2, 0.25) is 0 Å². The molecule has 9 nitrogen and oxygen atoms in total. The first-order chi connectivity index (χ1) is 18.0. The molecular formula is C26H21Cl2N3O6S. The molecule has 196 valence electrons. The molecule has 3 N–H and O–H groups in total. The van der Waals surface area contributed by atoms with Crippen LogP contribution in [0.3, 0.4) is 0 Å². The molecule has 0 saturated carbocycles. The number of rotatable bonds is 7. The van der Waals surface area contributed by atoms with E-state index in [1.807, 2.05) is 0 Å².